The van der Waals surface area contributed by atoms with E-state index in [0.29, 0.717) is 18.4 Å². The van der Waals surface area contributed by atoms with E-state index in [1.165, 1.54) is 12.8 Å². The molecule has 0 aromatic heterocycles. The van der Waals surface area contributed by atoms with Crippen molar-refractivity contribution >= 4 is 11.8 Å². The van der Waals surface area contributed by atoms with Crippen LogP contribution in [0.4, 0.5) is 0 Å². The van der Waals surface area contributed by atoms with Crippen molar-refractivity contribution in [3.8, 4) is 0 Å². The zero-order chi connectivity index (χ0) is 13.7. The minimum absolute atomic E-state index is 0.0102. The SMILES string of the molecule is CC(NC(=O)CCC1CCCNC1)C(=O)NC1CC1. The zero-order valence-corrected chi connectivity index (χ0v) is 11.7. The second-order valence-corrected chi connectivity index (χ2v) is 5.82. The van der Waals surface area contributed by atoms with Crippen LogP contribution in [0.15, 0.2) is 0 Å². The van der Waals surface area contributed by atoms with Crippen molar-refractivity contribution in [3.05, 3.63) is 0 Å². The van der Waals surface area contributed by atoms with Gasteiger partial charge in [0.25, 0.3) is 0 Å². The number of carbonyl (C=O) groups excluding carboxylic acids is 2. The summed E-state index contributed by atoms with van der Waals surface area (Å²) in [4.78, 5) is 23.5. The molecule has 2 atom stereocenters. The third-order valence-electron chi connectivity index (χ3n) is 3.87. The summed E-state index contributed by atoms with van der Waals surface area (Å²) in [5.41, 5.74) is 0. The highest BCUT2D eigenvalue weighted by atomic mass is 16.2. The van der Waals surface area contributed by atoms with Crippen LogP contribution in [0.5, 0.6) is 0 Å². The second-order valence-electron chi connectivity index (χ2n) is 5.82. The summed E-state index contributed by atoms with van der Waals surface area (Å²) in [5, 5.41) is 9.03. The highest BCUT2D eigenvalue weighted by molar-refractivity contribution is 5.87. The Kier molecular flexibility index (Phi) is 5.19. The summed E-state index contributed by atoms with van der Waals surface area (Å²) >= 11 is 0. The van der Waals surface area contributed by atoms with Crippen LogP contribution in [-0.2, 0) is 9.59 Å². The Morgan fingerprint density at radius 1 is 1.32 bits per heavy atom. The van der Waals surface area contributed by atoms with Crippen molar-refractivity contribution < 1.29 is 9.59 Å². The standard InChI is InChI=1S/C14H25N3O2/c1-10(14(19)17-12-5-6-12)16-13(18)7-4-11-3-2-8-15-9-11/h10-12,15H,2-9H2,1H3,(H,16,18)(H,17,19). The lowest BCUT2D eigenvalue weighted by molar-refractivity contribution is -0.128. The summed E-state index contributed by atoms with van der Waals surface area (Å²) in [7, 11) is 0. The van der Waals surface area contributed by atoms with Gasteiger partial charge < -0.3 is 16.0 Å². The fourth-order valence-corrected chi connectivity index (χ4v) is 2.44. The molecule has 2 fully saturated rings. The van der Waals surface area contributed by atoms with Gasteiger partial charge in [-0.15, -0.1) is 0 Å². The van der Waals surface area contributed by atoms with Crippen molar-refractivity contribution in [2.24, 2.45) is 5.92 Å². The molecule has 5 nitrogen and oxygen atoms in total. The molecule has 2 rings (SSSR count). The Balaban J connectivity index is 1.60. The molecule has 0 spiro atoms. The van der Waals surface area contributed by atoms with Crippen LogP contribution in [-0.4, -0.2) is 37.0 Å². The molecule has 0 aromatic rings. The molecule has 3 N–H and O–H groups in total. The number of nitrogens with one attached hydrogen (secondary N) is 3. The molecule has 1 saturated carbocycles. The lowest BCUT2D eigenvalue weighted by Crippen LogP contribution is -2.45. The average molecular weight is 267 g/mol. The number of piperidine rings is 1. The normalized spacial score (nSPS) is 24.6. The minimum atomic E-state index is -0.419. The average Bonchev–Trinajstić information content (AvgIpc) is 3.21. The maximum absolute atomic E-state index is 11.8. The Hall–Kier alpha value is -1.10. The van der Waals surface area contributed by atoms with E-state index in [9.17, 15) is 9.59 Å². The predicted molar refractivity (Wildman–Crippen MR) is 73.6 cm³/mol. The van der Waals surface area contributed by atoms with Gasteiger partial charge in [0, 0.05) is 12.5 Å². The monoisotopic (exact) mass is 267 g/mol. The highest BCUT2D eigenvalue weighted by Gasteiger charge is 2.26. The molecule has 0 bridgehead atoms. The Labute approximate surface area is 114 Å². The van der Waals surface area contributed by atoms with Gasteiger partial charge in [0.2, 0.25) is 11.8 Å². The van der Waals surface area contributed by atoms with Crippen LogP contribution < -0.4 is 16.0 Å². The zero-order valence-electron chi connectivity index (χ0n) is 11.7. The molecule has 108 valence electrons. The van der Waals surface area contributed by atoms with Crippen LogP contribution in [0, 0.1) is 5.92 Å². The smallest absolute Gasteiger partial charge is 0.242 e. The summed E-state index contributed by atoms with van der Waals surface area (Å²) in [6, 6.07) is -0.0715. The molecule has 19 heavy (non-hydrogen) atoms. The van der Waals surface area contributed by atoms with E-state index in [1.807, 2.05) is 0 Å². The molecule has 1 heterocycles. The molecular formula is C14H25N3O2. The predicted octanol–water partition coefficient (Wildman–Crippen LogP) is 0.550. The summed E-state index contributed by atoms with van der Waals surface area (Å²) in [5.74, 6) is 0.536. The van der Waals surface area contributed by atoms with E-state index in [0.717, 1.165) is 32.4 Å². The lowest BCUT2D eigenvalue weighted by Gasteiger charge is -2.22. The molecule has 2 aliphatic rings. The molecule has 5 heteroatoms. The lowest BCUT2D eigenvalue weighted by atomic mass is 9.94. The fourth-order valence-electron chi connectivity index (χ4n) is 2.44. The second kappa shape index (κ2) is 6.89. The molecule has 0 aromatic carbocycles. The van der Waals surface area contributed by atoms with Crippen LogP contribution in [0.25, 0.3) is 0 Å². The maximum atomic E-state index is 11.8. The van der Waals surface area contributed by atoms with Crippen LogP contribution in [0.2, 0.25) is 0 Å². The van der Waals surface area contributed by atoms with Gasteiger partial charge in [-0.3, -0.25) is 9.59 Å². The van der Waals surface area contributed by atoms with E-state index in [-0.39, 0.29) is 11.8 Å². The maximum Gasteiger partial charge on any atom is 0.242 e. The van der Waals surface area contributed by atoms with Gasteiger partial charge in [0.05, 0.1) is 0 Å². The fraction of sp³-hybridized carbons (Fsp3) is 0.857. The van der Waals surface area contributed by atoms with Crippen molar-refractivity contribution in [2.45, 2.75) is 57.5 Å². The van der Waals surface area contributed by atoms with Gasteiger partial charge in [-0.05, 0) is 58.0 Å². The molecule has 1 aliphatic heterocycles. The number of hydrogen-bond acceptors (Lipinski definition) is 3. The third kappa shape index (κ3) is 5.19. The number of hydrogen-bond donors (Lipinski definition) is 3. The van der Waals surface area contributed by atoms with Gasteiger partial charge in [-0.2, -0.15) is 0 Å². The molecular weight excluding hydrogens is 242 g/mol. The summed E-state index contributed by atoms with van der Waals surface area (Å²) in [6.07, 6.45) is 5.98. The Bertz CT molecular complexity index is 323. The molecule has 1 aliphatic carbocycles. The molecule has 2 amide bonds. The van der Waals surface area contributed by atoms with Crippen molar-refractivity contribution in [3.63, 3.8) is 0 Å². The third-order valence-corrected chi connectivity index (χ3v) is 3.87. The van der Waals surface area contributed by atoms with Gasteiger partial charge in [-0.25, -0.2) is 0 Å². The molecule has 2 unspecified atom stereocenters. The number of carbonyl (C=O) groups is 2. The van der Waals surface area contributed by atoms with E-state index in [2.05, 4.69) is 16.0 Å². The first-order valence-electron chi connectivity index (χ1n) is 7.45. The Morgan fingerprint density at radius 3 is 2.74 bits per heavy atom. The van der Waals surface area contributed by atoms with Crippen LogP contribution in [0.3, 0.4) is 0 Å². The summed E-state index contributed by atoms with van der Waals surface area (Å²) < 4.78 is 0. The van der Waals surface area contributed by atoms with Gasteiger partial charge >= 0.3 is 0 Å². The van der Waals surface area contributed by atoms with E-state index < -0.39 is 6.04 Å². The van der Waals surface area contributed by atoms with E-state index in [4.69, 9.17) is 0 Å². The minimum Gasteiger partial charge on any atom is -0.352 e. The van der Waals surface area contributed by atoms with Crippen molar-refractivity contribution in [2.75, 3.05) is 13.1 Å². The Morgan fingerprint density at radius 2 is 2.11 bits per heavy atom. The van der Waals surface area contributed by atoms with Crippen LogP contribution in [0.1, 0.15) is 45.4 Å². The first-order valence-corrected chi connectivity index (χ1v) is 7.45. The largest absolute Gasteiger partial charge is 0.352 e. The van der Waals surface area contributed by atoms with E-state index >= 15 is 0 Å². The molecule has 0 radical (unpaired) electrons. The summed E-state index contributed by atoms with van der Waals surface area (Å²) in [6.45, 7) is 3.86. The molecule has 1 saturated heterocycles. The van der Waals surface area contributed by atoms with Crippen molar-refractivity contribution in [1.29, 1.82) is 0 Å². The van der Waals surface area contributed by atoms with Gasteiger partial charge in [-0.1, -0.05) is 0 Å². The number of amides is 2. The van der Waals surface area contributed by atoms with E-state index in [1.54, 1.807) is 6.92 Å². The first kappa shape index (κ1) is 14.3. The quantitative estimate of drug-likeness (QED) is 0.658. The van der Waals surface area contributed by atoms with Crippen molar-refractivity contribution in [1.82, 2.24) is 16.0 Å². The van der Waals surface area contributed by atoms with Gasteiger partial charge in [0.1, 0.15) is 6.04 Å². The van der Waals surface area contributed by atoms with Gasteiger partial charge in [0.15, 0.2) is 0 Å². The highest BCUT2D eigenvalue weighted by Crippen LogP contribution is 2.18. The topological polar surface area (TPSA) is 70.2 Å². The first-order chi connectivity index (χ1) is 9.15. The number of rotatable bonds is 6. The van der Waals surface area contributed by atoms with Crippen LogP contribution >= 0.6 is 0 Å².